The van der Waals surface area contributed by atoms with Gasteiger partial charge in [-0.15, -0.1) is 0 Å². The van der Waals surface area contributed by atoms with Crippen LogP contribution in [0, 0.1) is 6.57 Å². The minimum absolute atomic E-state index is 0.326. The van der Waals surface area contributed by atoms with Gasteiger partial charge in [-0.1, -0.05) is 36.4 Å². The fourth-order valence-electron chi connectivity index (χ4n) is 6.02. The molecule has 0 heterocycles. The van der Waals surface area contributed by atoms with Crippen LogP contribution >= 0.6 is 0 Å². The number of aliphatic carboxylic acids is 1. The first kappa shape index (κ1) is 31.7. The van der Waals surface area contributed by atoms with Gasteiger partial charge in [0.15, 0.2) is 0 Å². The van der Waals surface area contributed by atoms with Crippen LogP contribution in [0.25, 0.3) is 32.5 Å². The molecule has 0 bridgehead atoms. The summed E-state index contributed by atoms with van der Waals surface area (Å²) in [5.41, 5.74) is 7.70. The topological polar surface area (TPSA) is 57.9 Å². The van der Waals surface area contributed by atoms with E-state index in [0.717, 1.165) is 61.4 Å². The number of rotatable bonds is 9. The van der Waals surface area contributed by atoms with Crippen LogP contribution in [0.4, 0.5) is 39.8 Å². The maximum atomic E-state index is 11.5. The van der Waals surface area contributed by atoms with Gasteiger partial charge in [0.2, 0.25) is 0 Å². The molecule has 0 saturated heterocycles. The molecule has 5 aromatic carbocycles. The average molecular weight is 613 g/mol. The van der Waals surface area contributed by atoms with Crippen molar-refractivity contribution >= 4 is 73.4 Å². The van der Waals surface area contributed by atoms with E-state index in [1.807, 2.05) is 24.3 Å². The highest BCUT2D eigenvalue weighted by Gasteiger charge is 2.23. The zero-order chi connectivity index (χ0) is 33.3. The van der Waals surface area contributed by atoms with Crippen molar-refractivity contribution in [2.45, 2.75) is 0 Å². The van der Waals surface area contributed by atoms with Gasteiger partial charge in [0.1, 0.15) is 0 Å². The first-order valence-corrected chi connectivity index (χ1v) is 15.0. The van der Waals surface area contributed by atoms with Crippen molar-refractivity contribution in [3.63, 3.8) is 0 Å². The van der Waals surface area contributed by atoms with Crippen LogP contribution in [0.1, 0.15) is 5.56 Å². The summed E-state index contributed by atoms with van der Waals surface area (Å²) in [6.45, 7) is 7.27. The second-order valence-electron chi connectivity index (χ2n) is 12.1. The summed E-state index contributed by atoms with van der Waals surface area (Å²) in [6, 6.07) is 29.2. The van der Waals surface area contributed by atoms with Crippen molar-refractivity contribution in [1.82, 2.24) is 0 Å². The zero-order valence-corrected chi connectivity index (χ0v) is 27.7. The van der Waals surface area contributed by atoms with E-state index >= 15 is 0 Å². The van der Waals surface area contributed by atoms with Crippen LogP contribution in [-0.4, -0.2) is 67.5 Å². The second kappa shape index (κ2) is 12.7. The Morgan fingerprint density at radius 1 is 0.587 bits per heavy atom. The van der Waals surface area contributed by atoms with E-state index < -0.39 is 5.97 Å². The van der Waals surface area contributed by atoms with E-state index in [2.05, 4.69) is 146 Å². The van der Waals surface area contributed by atoms with Crippen LogP contribution in [0.3, 0.4) is 0 Å². The van der Waals surface area contributed by atoms with Crippen LogP contribution in [0.15, 0.2) is 90.6 Å². The second-order valence-corrected chi connectivity index (χ2v) is 12.1. The normalized spacial score (nSPS) is 11.3. The van der Waals surface area contributed by atoms with Gasteiger partial charge in [-0.25, -0.2) is 4.85 Å². The Hall–Kier alpha value is -5.68. The Balaban J connectivity index is 1.88. The number of carboxylic acid groups (broad SMARTS) is 1. The molecule has 0 aliphatic rings. The maximum absolute atomic E-state index is 11.5. The molecule has 0 aromatic heterocycles. The molecule has 0 atom stereocenters. The summed E-state index contributed by atoms with van der Waals surface area (Å²) in [4.78, 5) is 25.6. The van der Waals surface area contributed by atoms with Gasteiger partial charge in [0, 0.05) is 106 Å². The van der Waals surface area contributed by atoms with Gasteiger partial charge in [-0.05, 0) is 60.2 Å². The lowest BCUT2D eigenvalue weighted by Gasteiger charge is -2.32. The highest BCUT2D eigenvalue weighted by Crippen LogP contribution is 2.48. The van der Waals surface area contributed by atoms with E-state index in [1.54, 1.807) is 0 Å². The molecule has 0 saturated carbocycles. The summed E-state index contributed by atoms with van der Waals surface area (Å²) in [5.74, 6) is -1.24. The van der Waals surface area contributed by atoms with Gasteiger partial charge in [0.25, 0.3) is 5.70 Å². The van der Waals surface area contributed by atoms with E-state index in [9.17, 15) is 9.90 Å². The van der Waals surface area contributed by atoms with E-state index in [4.69, 9.17) is 6.57 Å². The highest BCUT2D eigenvalue weighted by atomic mass is 16.4. The Labute approximate surface area is 271 Å². The van der Waals surface area contributed by atoms with Crippen LogP contribution in [0.2, 0.25) is 0 Å². The van der Waals surface area contributed by atoms with E-state index in [-0.39, 0.29) is 5.70 Å². The summed E-state index contributed by atoms with van der Waals surface area (Å²) in [6.07, 6.45) is 1.40. The molecule has 0 aliphatic carbocycles. The quantitative estimate of drug-likeness (QED) is 0.133. The Kier molecular flexibility index (Phi) is 8.79. The fraction of sp³-hybridized carbons (Fsp3) is 0.211. The van der Waals surface area contributed by atoms with Crippen LogP contribution in [0.5, 0.6) is 0 Å². The Morgan fingerprint density at radius 3 is 1.35 bits per heavy atom. The number of benzene rings is 5. The number of nitrogens with zero attached hydrogens (tertiary/aromatic N) is 6. The molecule has 0 amide bonds. The number of anilines is 7. The first-order valence-electron chi connectivity index (χ1n) is 15.0. The van der Waals surface area contributed by atoms with E-state index in [1.165, 1.54) is 6.08 Å². The Morgan fingerprint density at radius 2 is 0.978 bits per heavy atom. The Bertz CT molecular complexity index is 1870. The van der Waals surface area contributed by atoms with Gasteiger partial charge >= 0.3 is 5.97 Å². The predicted molar refractivity (Wildman–Crippen MR) is 196 cm³/mol. The third kappa shape index (κ3) is 5.75. The molecule has 8 nitrogen and oxygen atoms in total. The van der Waals surface area contributed by atoms with Crippen molar-refractivity contribution in [3.05, 3.63) is 108 Å². The molecule has 0 fully saturated rings. The van der Waals surface area contributed by atoms with Gasteiger partial charge in [-0.2, -0.15) is 0 Å². The number of carbonyl (C=O) groups is 1. The lowest BCUT2D eigenvalue weighted by atomic mass is 9.99. The van der Waals surface area contributed by atoms with Gasteiger partial charge in [0.05, 0.1) is 17.9 Å². The molecule has 234 valence electrons. The molecular formula is C38H40N6O2. The number of carboxylic acids is 1. The monoisotopic (exact) mass is 612 g/mol. The third-order valence-corrected chi connectivity index (χ3v) is 8.15. The number of fused-ring (bicyclic) bond motifs is 2. The molecule has 0 spiro atoms. The molecule has 5 rings (SSSR count). The van der Waals surface area contributed by atoms with Crippen LogP contribution in [-0.2, 0) is 4.79 Å². The lowest BCUT2D eigenvalue weighted by Crippen LogP contribution is -2.17. The molecule has 0 unspecified atom stereocenters. The standard InChI is InChI=1S/C38H40N6O2/c1-39-29(38(45)46)24-25-16-18-26(19-17-25)44(30-20-22-34(42(6)7)36-27(30)12-10-14-32(36)40(2)3)31-21-23-35(43(8)9)37-28(31)13-11-15-33(37)41(4)5/h10-24H,2-9H3,(H,45,46)/b29-24-. The predicted octanol–water partition coefficient (Wildman–Crippen LogP) is 8.07. The van der Waals surface area contributed by atoms with Crippen LogP contribution < -0.4 is 24.5 Å². The first-order chi connectivity index (χ1) is 21.9. The van der Waals surface area contributed by atoms with Crippen molar-refractivity contribution < 1.29 is 9.90 Å². The van der Waals surface area contributed by atoms with Crippen molar-refractivity contribution in [1.29, 1.82) is 0 Å². The highest BCUT2D eigenvalue weighted by molar-refractivity contribution is 6.15. The van der Waals surface area contributed by atoms with E-state index in [0.29, 0.717) is 5.56 Å². The molecule has 8 heteroatoms. The average Bonchev–Trinajstić information content (AvgIpc) is 3.03. The SMILES string of the molecule is [C-]#[N+]/C(=C\c1ccc(N(c2ccc(N(C)C)c3c(N(C)C)cccc23)c2ccc(N(C)C)c3c(N(C)C)cccc23)cc1)C(=O)O. The summed E-state index contributed by atoms with van der Waals surface area (Å²) >= 11 is 0. The van der Waals surface area contributed by atoms with Gasteiger partial charge < -0.3 is 29.6 Å². The molecule has 0 aliphatic heterocycles. The lowest BCUT2D eigenvalue weighted by molar-refractivity contribution is -0.132. The molecular weight excluding hydrogens is 572 g/mol. The largest absolute Gasteiger partial charge is 0.486 e. The molecule has 1 N–H and O–H groups in total. The summed E-state index contributed by atoms with van der Waals surface area (Å²) in [7, 11) is 16.5. The smallest absolute Gasteiger partial charge is 0.333 e. The molecule has 46 heavy (non-hydrogen) atoms. The fourth-order valence-corrected chi connectivity index (χ4v) is 6.02. The summed E-state index contributed by atoms with van der Waals surface area (Å²) < 4.78 is 0. The maximum Gasteiger partial charge on any atom is 0.333 e. The minimum Gasteiger partial charge on any atom is -0.486 e. The number of hydrogen-bond acceptors (Lipinski definition) is 6. The zero-order valence-electron chi connectivity index (χ0n) is 27.7. The third-order valence-electron chi connectivity index (χ3n) is 8.15. The molecule has 5 aromatic rings. The van der Waals surface area contributed by atoms with Crippen molar-refractivity contribution in [3.8, 4) is 0 Å². The molecule has 0 radical (unpaired) electrons. The van der Waals surface area contributed by atoms with Gasteiger partial charge in [-0.3, -0.25) is 4.79 Å². The van der Waals surface area contributed by atoms with Crippen molar-refractivity contribution in [2.24, 2.45) is 0 Å². The summed E-state index contributed by atoms with van der Waals surface area (Å²) in [5, 5.41) is 13.9. The number of hydrogen-bond donors (Lipinski definition) is 1. The van der Waals surface area contributed by atoms with Crippen molar-refractivity contribution in [2.75, 3.05) is 80.9 Å². The minimum atomic E-state index is -1.24.